The molecule has 0 bridgehead atoms. The molecule has 1 amide bonds. The number of carbonyl (C=O) groups excluding carboxylic acids is 1. The molecule has 20 heavy (non-hydrogen) atoms. The Morgan fingerprint density at radius 3 is 2.25 bits per heavy atom. The summed E-state index contributed by atoms with van der Waals surface area (Å²) in [6, 6.07) is 1.18. The van der Waals surface area contributed by atoms with Crippen molar-refractivity contribution >= 4 is 6.03 Å². The third kappa shape index (κ3) is 2.55. The Balaban J connectivity index is 1.47. The molecule has 0 unspecified atom stereocenters. The van der Waals surface area contributed by atoms with Gasteiger partial charge >= 0.3 is 6.03 Å². The van der Waals surface area contributed by atoms with Gasteiger partial charge in [-0.15, -0.1) is 0 Å². The molecule has 1 aromatic heterocycles. The van der Waals surface area contributed by atoms with E-state index in [0.717, 1.165) is 39.3 Å². The highest BCUT2D eigenvalue weighted by Gasteiger charge is 2.35. The van der Waals surface area contributed by atoms with Crippen LogP contribution in [0, 0.1) is 0 Å². The molecule has 0 aromatic carbocycles. The van der Waals surface area contributed by atoms with E-state index in [4.69, 9.17) is 0 Å². The van der Waals surface area contributed by atoms with Crippen molar-refractivity contribution < 1.29 is 4.79 Å². The number of rotatable bonds is 2. The van der Waals surface area contributed by atoms with Crippen LogP contribution in [0.25, 0.3) is 0 Å². The Kier molecular flexibility index (Phi) is 3.71. The highest BCUT2D eigenvalue weighted by atomic mass is 16.2. The number of piperazine rings is 1. The fraction of sp³-hybridized carbons (Fsp3) is 0.769. The molecule has 2 saturated heterocycles. The first-order valence-electron chi connectivity index (χ1n) is 7.29. The van der Waals surface area contributed by atoms with E-state index >= 15 is 0 Å². The smallest absolute Gasteiger partial charge is 0.319 e. The molecule has 3 rings (SSSR count). The van der Waals surface area contributed by atoms with Crippen LogP contribution in [0.15, 0.2) is 12.4 Å². The minimum atomic E-state index is -0.118. The van der Waals surface area contributed by atoms with Gasteiger partial charge in [0.25, 0.3) is 0 Å². The Bertz CT molecular complexity index is 445. The minimum Gasteiger partial charge on any atom is -0.319 e. The summed E-state index contributed by atoms with van der Waals surface area (Å²) in [7, 11) is 0. The van der Waals surface area contributed by atoms with Crippen molar-refractivity contribution in [1.29, 1.82) is 0 Å². The molecule has 3 heterocycles. The largest absolute Gasteiger partial charge is 0.362 e. The van der Waals surface area contributed by atoms with Crippen molar-refractivity contribution in [3.8, 4) is 0 Å². The second-order valence-electron chi connectivity index (χ2n) is 5.83. The van der Waals surface area contributed by atoms with Gasteiger partial charge in [0.2, 0.25) is 0 Å². The van der Waals surface area contributed by atoms with Crippen LogP contribution in [0.5, 0.6) is 0 Å². The zero-order chi connectivity index (χ0) is 14.1. The molecular formula is C13H22N6O. The summed E-state index contributed by atoms with van der Waals surface area (Å²) in [5, 5.41) is 7.79. The predicted molar refractivity (Wildman–Crippen MR) is 74.5 cm³/mol. The van der Waals surface area contributed by atoms with E-state index in [1.54, 1.807) is 0 Å². The Labute approximate surface area is 119 Å². The Hall–Kier alpha value is -1.47. The first-order chi connectivity index (χ1) is 9.65. The van der Waals surface area contributed by atoms with Crippen LogP contribution in [0.4, 0.5) is 4.79 Å². The normalized spacial score (nSPS) is 22.2. The zero-order valence-electron chi connectivity index (χ0n) is 12.1. The maximum atomic E-state index is 12.1. The standard InChI is InChI=1S/C13H22N6O/c1-11(2)18-9-12(10-18)16-5-7-17(8-6-16)13(20)19-14-3-4-15-19/h3-4,11-12H,5-10H2,1-2H3. The molecule has 0 aliphatic carbocycles. The van der Waals surface area contributed by atoms with Gasteiger partial charge in [0, 0.05) is 51.4 Å². The molecule has 2 fully saturated rings. The molecule has 0 N–H and O–H groups in total. The van der Waals surface area contributed by atoms with Crippen molar-refractivity contribution in [2.75, 3.05) is 39.3 Å². The highest BCUT2D eigenvalue weighted by molar-refractivity contribution is 5.74. The first kappa shape index (κ1) is 13.5. The van der Waals surface area contributed by atoms with Crippen LogP contribution >= 0.6 is 0 Å². The average molecular weight is 278 g/mol. The van der Waals surface area contributed by atoms with Gasteiger partial charge in [-0.1, -0.05) is 4.80 Å². The molecule has 0 spiro atoms. The third-order valence-electron chi connectivity index (χ3n) is 4.31. The average Bonchev–Trinajstić information content (AvgIpc) is 2.90. The zero-order valence-corrected chi connectivity index (χ0v) is 12.1. The van der Waals surface area contributed by atoms with Crippen LogP contribution in [0.1, 0.15) is 13.8 Å². The number of hydrogen-bond acceptors (Lipinski definition) is 5. The quantitative estimate of drug-likeness (QED) is 0.759. The summed E-state index contributed by atoms with van der Waals surface area (Å²) in [6.07, 6.45) is 3.06. The van der Waals surface area contributed by atoms with Gasteiger partial charge in [-0.05, 0) is 13.8 Å². The number of hydrogen-bond donors (Lipinski definition) is 0. The summed E-state index contributed by atoms with van der Waals surface area (Å²) in [5.41, 5.74) is 0. The van der Waals surface area contributed by atoms with Crippen molar-refractivity contribution in [3.63, 3.8) is 0 Å². The van der Waals surface area contributed by atoms with E-state index in [1.165, 1.54) is 17.2 Å². The van der Waals surface area contributed by atoms with Crippen LogP contribution in [-0.4, -0.2) is 87.1 Å². The molecule has 0 radical (unpaired) electrons. The molecule has 0 saturated carbocycles. The maximum Gasteiger partial charge on any atom is 0.362 e. The van der Waals surface area contributed by atoms with Crippen LogP contribution in [0.2, 0.25) is 0 Å². The second-order valence-corrected chi connectivity index (χ2v) is 5.83. The van der Waals surface area contributed by atoms with Gasteiger partial charge in [0.1, 0.15) is 0 Å². The number of amides is 1. The lowest BCUT2D eigenvalue weighted by Gasteiger charge is -2.49. The van der Waals surface area contributed by atoms with E-state index in [2.05, 4.69) is 33.8 Å². The fourth-order valence-corrected chi connectivity index (χ4v) is 2.86. The van der Waals surface area contributed by atoms with Gasteiger partial charge < -0.3 is 4.90 Å². The molecule has 7 heteroatoms. The number of carbonyl (C=O) groups is 1. The third-order valence-corrected chi connectivity index (χ3v) is 4.31. The second kappa shape index (κ2) is 5.49. The molecule has 7 nitrogen and oxygen atoms in total. The number of aromatic nitrogens is 3. The summed E-state index contributed by atoms with van der Waals surface area (Å²) >= 11 is 0. The summed E-state index contributed by atoms with van der Waals surface area (Å²) in [5.74, 6) is 0. The molecule has 2 aliphatic heterocycles. The van der Waals surface area contributed by atoms with Gasteiger partial charge in [0.15, 0.2) is 0 Å². The van der Waals surface area contributed by atoms with Crippen molar-refractivity contribution in [3.05, 3.63) is 12.4 Å². The topological polar surface area (TPSA) is 57.5 Å². The monoisotopic (exact) mass is 278 g/mol. The Morgan fingerprint density at radius 2 is 1.70 bits per heavy atom. The molecule has 110 valence electrons. The van der Waals surface area contributed by atoms with E-state index in [0.29, 0.717) is 12.1 Å². The lowest BCUT2D eigenvalue weighted by Crippen LogP contribution is -2.64. The Morgan fingerprint density at radius 1 is 1.10 bits per heavy atom. The van der Waals surface area contributed by atoms with Gasteiger partial charge in [-0.2, -0.15) is 10.2 Å². The van der Waals surface area contributed by atoms with E-state index in [-0.39, 0.29) is 6.03 Å². The van der Waals surface area contributed by atoms with Gasteiger partial charge in [-0.25, -0.2) is 4.79 Å². The number of likely N-dealkylation sites (tertiary alicyclic amines) is 1. The van der Waals surface area contributed by atoms with E-state index in [9.17, 15) is 4.79 Å². The van der Waals surface area contributed by atoms with Crippen molar-refractivity contribution in [2.45, 2.75) is 25.9 Å². The maximum absolute atomic E-state index is 12.1. The van der Waals surface area contributed by atoms with Crippen molar-refractivity contribution in [2.24, 2.45) is 0 Å². The fourth-order valence-electron chi connectivity index (χ4n) is 2.86. The lowest BCUT2D eigenvalue weighted by atomic mass is 10.0. The SMILES string of the molecule is CC(C)N1CC(N2CCN(C(=O)n3nccn3)CC2)C1. The highest BCUT2D eigenvalue weighted by Crippen LogP contribution is 2.19. The van der Waals surface area contributed by atoms with Crippen LogP contribution in [-0.2, 0) is 0 Å². The van der Waals surface area contributed by atoms with Gasteiger partial charge in [0.05, 0.1) is 12.4 Å². The molecule has 1 aromatic rings. The van der Waals surface area contributed by atoms with E-state index in [1.807, 2.05) is 4.90 Å². The lowest BCUT2D eigenvalue weighted by molar-refractivity contribution is -0.00415. The first-order valence-corrected chi connectivity index (χ1v) is 7.29. The predicted octanol–water partition coefficient (Wildman–Crippen LogP) is -0.0436. The van der Waals surface area contributed by atoms with Crippen molar-refractivity contribution in [1.82, 2.24) is 29.7 Å². The van der Waals surface area contributed by atoms with Crippen LogP contribution in [0.3, 0.4) is 0 Å². The summed E-state index contributed by atoms with van der Waals surface area (Å²) in [4.78, 5) is 20.1. The summed E-state index contributed by atoms with van der Waals surface area (Å²) < 4.78 is 0. The summed E-state index contributed by atoms with van der Waals surface area (Å²) in [6.45, 7) is 10.2. The minimum absolute atomic E-state index is 0.118. The molecule has 0 atom stereocenters. The molecular weight excluding hydrogens is 256 g/mol. The number of nitrogens with zero attached hydrogens (tertiary/aromatic N) is 6. The molecule has 2 aliphatic rings. The van der Waals surface area contributed by atoms with E-state index < -0.39 is 0 Å². The van der Waals surface area contributed by atoms with Crippen LogP contribution < -0.4 is 0 Å². The van der Waals surface area contributed by atoms with Gasteiger partial charge in [-0.3, -0.25) is 9.80 Å².